The van der Waals surface area contributed by atoms with Gasteiger partial charge in [-0.05, 0) is 42.4 Å². The fraction of sp³-hybridized carbons (Fsp3) is 0.571. The number of benzene rings is 1. The van der Waals surface area contributed by atoms with Gasteiger partial charge in [0.2, 0.25) is 0 Å². The second-order valence-electron chi connectivity index (χ2n) is 8.14. The van der Waals surface area contributed by atoms with E-state index in [2.05, 4.69) is 23.1 Å². The standard InChI is InChI=1S/C21H26FO3P/c1-14-19(2)8-7-16(13-15-5-3-4-6-17(15)22)18(23)20(19,26)9-10-21(14)24-11-12-25-21/h3-6,13-14H,7-12,26H2,1-2H3/b16-13+/t14-,19-,20-/m1/s1. The van der Waals surface area contributed by atoms with Crippen LogP contribution in [0.25, 0.3) is 6.08 Å². The molecular formula is C21H26FO3P. The van der Waals surface area contributed by atoms with E-state index in [-0.39, 0.29) is 22.9 Å². The van der Waals surface area contributed by atoms with Crippen LogP contribution in [-0.2, 0) is 14.3 Å². The summed E-state index contributed by atoms with van der Waals surface area (Å²) in [5.41, 5.74) is 0.971. The van der Waals surface area contributed by atoms with E-state index >= 15 is 0 Å². The summed E-state index contributed by atoms with van der Waals surface area (Å²) in [4.78, 5) is 13.5. The number of ether oxygens (including phenoxy) is 2. The van der Waals surface area contributed by atoms with Crippen LogP contribution in [0, 0.1) is 17.2 Å². The van der Waals surface area contributed by atoms with Gasteiger partial charge in [0, 0.05) is 17.9 Å². The van der Waals surface area contributed by atoms with Crippen LogP contribution >= 0.6 is 9.24 Å². The number of carbonyl (C=O) groups excluding carboxylic acids is 1. The first-order valence-corrected chi connectivity index (χ1v) is 9.97. The quantitative estimate of drug-likeness (QED) is 0.540. The second kappa shape index (κ2) is 6.22. The summed E-state index contributed by atoms with van der Waals surface area (Å²) in [6.45, 7) is 5.59. The summed E-state index contributed by atoms with van der Waals surface area (Å²) in [5.74, 6) is -0.605. The van der Waals surface area contributed by atoms with E-state index in [0.717, 1.165) is 12.0 Å². The van der Waals surface area contributed by atoms with E-state index < -0.39 is 10.9 Å². The van der Waals surface area contributed by atoms with Gasteiger partial charge in [-0.25, -0.2) is 4.39 Å². The second-order valence-corrected chi connectivity index (χ2v) is 9.13. The molecule has 4 atom stereocenters. The van der Waals surface area contributed by atoms with Crippen LogP contribution in [0.4, 0.5) is 4.39 Å². The maximum absolute atomic E-state index is 14.0. The van der Waals surface area contributed by atoms with Gasteiger partial charge in [0.15, 0.2) is 11.6 Å². The summed E-state index contributed by atoms with van der Waals surface area (Å²) in [7, 11) is 2.87. The molecule has 1 aromatic carbocycles. The first kappa shape index (κ1) is 18.3. The predicted octanol–water partition coefficient (Wildman–Crippen LogP) is 4.37. The van der Waals surface area contributed by atoms with Gasteiger partial charge >= 0.3 is 0 Å². The molecule has 0 amide bonds. The zero-order valence-electron chi connectivity index (χ0n) is 15.4. The molecular weight excluding hydrogens is 350 g/mol. The predicted molar refractivity (Wildman–Crippen MR) is 102 cm³/mol. The van der Waals surface area contributed by atoms with E-state index in [4.69, 9.17) is 9.47 Å². The average Bonchev–Trinajstić information content (AvgIpc) is 3.11. The molecule has 1 aromatic rings. The van der Waals surface area contributed by atoms with E-state index in [1.807, 2.05) is 0 Å². The molecule has 0 aromatic heterocycles. The molecule has 3 fully saturated rings. The molecule has 1 unspecified atom stereocenters. The van der Waals surface area contributed by atoms with Crippen LogP contribution in [-0.4, -0.2) is 29.9 Å². The van der Waals surface area contributed by atoms with Gasteiger partial charge in [-0.15, -0.1) is 9.24 Å². The summed E-state index contributed by atoms with van der Waals surface area (Å²) in [6.07, 6.45) is 4.66. The Labute approximate surface area is 156 Å². The normalized spacial score (nSPS) is 37.9. The Kier molecular flexibility index (Phi) is 4.38. The Balaban J connectivity index is 1.69. The first-order chi connectivity index (χ1) is 12.3. The molecule has 3 aliphatic rings. The van der Waals surface area contributed by atoms with Crippen molar-refractivity contribution in [2.45, 2.75) is 50.5 Å². The summed E-state index contributed by atoms with van der Waals surface area (Å²) >= 11 is 0. The molecule has 26 heavy (non-hydrogen) atoms. The molecule has 3 nitrogen and oxygen atoms in total. The number of hydrogen-bond acceptors (Lipinski definition) is 3. The Morgan fingerprint density at radius 1 is 1.19 bits per heavy atom. The smallest absolute Gasteiger partial charge is 0.171 e. The van der Waals surface area contributed by atoms with Crippen LogP contribution < -0.4 is 0 Å². The molecule has 4 rings (SSSR count). The Morgan fingerprint density at radius 3 is 2.58 bits per heavy atom. The molecule has 2 aliphatic carbocycles. The third-order valence-corrected chi connectivity index (χ3v) is 8.33. The lowest BCUT2D eigenvalue weighted by Crippen LogP contribution is -2.64. The Morgan fingerprint density at radius 2 is 1.88 bits per heavy atom. The minimum atomic E-state index is -0.554. The van der Waals surface area contributed by atoms with Crippen LogP contribution in [0.5, 0.6) is 0 Å². The number of ketones is 1. The van der Waals surface area contributed by atoms with Gasteiger partial charge in [-0.3, -0.25) is 4.79 Å². The number of fused-ring (bicyclic) bond motifs is 1. The minimum absolute atomic E-state index is 0.114. The number of Topliss-reactive ketones (excluding diaryl/α,β-unsaturated/α-hetero) is 1. The molecule has 1 saturated heterocycles. The van der Waals surface area contributed by atoms with E-state index in [1.165, 1.54) is 6.07 Å². The van der Waals surface area contributed by atoms with Gasteiger partial charge in [0.05, 0.1) is 18.4 Å². The molecule has 0 N–H and O–H groups in total. The number of halogens is 1. The largest absolute Gasteiger partial charge is 0.347 e. The summed E-state index contributed by atoms with van der Waals surface area (Å²) in [5, 5.41) is -0.553. The third-order valence-electron chi connectivity index (χ3n) is 7.12. The molecule has 0 bridgehead atoms. The Hall–Kier alpha value is -1.09. The maximum atomic E-state index is 14.0. The van der Waals surface area contributed by atoms with Gasteiger partial charge in [0.1, 0.15) is 5.82 Å². The van der Waals surface area contributed by atoms with Crippen molar-refractivity contribution in [1.29, 1.82) is 0 Å². The zero-order chi connectivity index (χ0) is 18.6. The monoisotopic (exact) mass is 376 g/mol. The molecule has 5 heteroatoms. The van der Waals surface area contributed by atoms with Crippen molar-refractivity contribution in [3.8, 4) is 0 Å². The molecule has 1 aliphatic heterocycles. The average molecular weight is 376 g/mol. The molecule has 140 valence electrons. The lowest BCUT2D eigenvalue weighted by molar-refractivity contribution is -0.245. The van der Waals surface area contributed by atoms with E-state index in [1.54, 1.807) is 24.3 Å². The van der Waals surface area contributed by atoms with Crippen LogP contribution in [0.3, 0.4) is 0 Å². The lowest BCUT2D eigenvalue weighted by Gasteiger charge is -2.60. The van der Waals surface area contributed by atoms with Crippen molar-refractivity contribution < 1.29 is 18.7 Å². The van der Waals surface area contributed by atoms with Crippen molar-refractivity contribution in [1.82, 2.24) is 0 Å². The van der Waals surface area contributed by atoms with Crippen molar-refractivity contribution in [3.63, 3.8) is 0 Å². The Bertz CT molecular complexity index is 770. The minimum Gasteiger partial charge on any atom is -0.347 e. The van der Waals surface area contributed by atoms with Crippen LogP contribution in [0.2, 0.25) is 0 Å². The number of carbonyl (C=O) groups is 1. The topological polar surface area (TPSA) is 35.5 Å². The summed E-state index contributed by atoms with van der Waals surface area (Å²) in [6, 6.07) is 6.61. The third kappa shape index (κ3) is 2.46. The van der Waals surface area contributed by atoms with E-state index in [9.17, 15) is 9.18 Å². The van der Waals surface area contributed by atoms with Crippen LogP contribution in [0.15, 0.2) is 29.8 Å². The fourth-order valence-corrected chi connectivity index (χ4v) is 5.86. The SMILES string of the molecule is C[C@H]1C2(CC[C@@]3(P)C(=O)/C(=C/c4ccccc4F)CC[C@]13C)OCCO2. The number of hydrogen-bond donors (Lipinski definition) is 0. The van der Waals surface area contributed by atoms with Gasteiger partial charge < -0.3 is 9.47 Å². The number of rotatable bonds is 1. The number of allylic oxidation sites excluding steroid dienone is 1. The highest BCUT2D eigenvalue weighted by Gasteiger charge is 2.65. The molecule has 1 heterocycles. The van der Waals surface area contributed by atoms with Crippen molar-refractivity contribution >= 4 is 21.1 Å². The highest BCUT2D eigenvalue weighted by molar-refractivity contribution is 7.21. The van der Waals surface area contributed by atoms with Crippen LogP contribution in [0.1, 0.15) is 45.1 Å². The highest BCUT2D eigenvalue weighted by atomic mass is 31.0. The van der Waals surface area contributed by atoms with Crippen molar-refractivity contribution in [3.05, 3.63) is 41.2 Å². The van der Waals surface area contributed by atoms with Gasteiger partial charge in [-0.2, -0.15) is 0 Å². The molecule has 1 spiro atoms. The fourth-order valence-electron chi connectivity index (χ4n) is 5.13. The van der Waals surface area contributed by atoms with Gasteiger partial charge in [-0.1, -0.05) is 32.0 Å². The highest BCUT2D eigenvalue weighted by Crippen LogP contribution is 2.63. The maximum Gasteiger partial charge on any atom is 0.171 e. The van der Waals surface area contributed by atoms with Crippen molar-refractivity contribution in [2.75, 3.05) is 13.2 Å². The first-order valence-electron chi connectivity index (χ1n) is 9.39. The molecule has 2 saturated carbocycles. The zero-order valence-corrected chi connectivity index (χ0v) is 16.5. The summed E-state index contributed by atoms with van der Waals surface area (Å²) < 4.78 is 26.1. The van der Waals surface area contributed by atoms with Crippen molar-refractivity contribution in [2.24, 2.45) is 11.3 Å². The van der Waals surface area contributed by atoms with Gasteiger partial charge in [0.25, 0.3) is 0 Å². The lowest BCUT2D eigenvalue weighted by atomic mass is 9.52. The molecule has 0 radical (unpaired) electrons. The van der Waals surface area contributed by atoms with E-state index in [0.29, 0.717) is 38.0 Å².